The van der Waals surface area contributed by atoms with Crippen molar-refractivity contribution in [1.29, 1.82) is 0 Å². The molecule has 1 rings (SSSR count). The summed E-state index contributed by atoms with van der Waals surface area (Å²) in [6.07, 6.45) is 0.717. The normalized spacial score (nSPS) is 10.2. The summed E-state index contributed by atoms with van der Waals surface area (Å²) in [7, 11) is 0. The zero-order valence-electron chi connectivity index (χ0n) is 8.47. The molecule has 4 heteroatoms. The maximum Gasteiger partial charge on any atom is 0.341 e. The lowest BCUT2D eigenvalue weighted by atomic mass is 10.0. The van der Waals surface area contributed by atoms with Crippen molar-refractivity contribution in [1.82, 2.24) is 4.98 Å². The van der Waals surface area contributed by atoms with E-state index in [9.17, 15) is 9.59 Å². The summed E-state index contributed by atoms with van der Waals surface area (Å²) < 4.78 is 0. The molecule has 1 aromatic rings. The van der Waals surface area contributed by atoms with Gasteiger partial charge in [0, 0.05) is 5.69 Å². The lowest BCUT2D eigenvalue weighted by molar-refractivity contribution is 0.0694. The van der Waals surface area contributed by atoms with Gasteiger partial charge in [-0.3, -0.25) is 4.79 Å². The first-order valence-corrected chi connectivity index (χ1v) is 4.44. The van der Waals surface area contributed by atoms with Crippen molar-refractivity contribution in [2.45, 2.75) is 27.2 Å². The average molecular weight is 195 g/mol. The number of hydrogen-bond donors (Lipinski definition) is 2. The third kappa shape index (κ3) is 1.55. The van der Waals surface area contributed by atoms with Crippen molar-refractivity contribution in [3.05, 3.63) is 32.7 Å². The van der Waals surface area contributed by atoms with Gasteiger partial charge in [0.1, 0.15) is 5.56 Å². The molecule has 0 bridgehead atoms. The number of carboxylic acid groups (broad SMARTS) is 1. The van der Waals surface area contributed by atoms with Crippen LogP contribution >= 0.6 is 0 Å². The number of carboxylic acids is 1. The fourth-order valence-electron chi connectivity index (χ4n) is 1.70. The fraction of sp³-hybridized carbons (Fsp3) is 0.400. The van der Waals surface area contributed by atoms with E-state index in [1.807, 2.05) is 6.92 Å². The second-order valence-corrected chi connectivity index (χ2v) is 3.22. The number of hydrogen-bond acceptors (Lipinski definition) is 2. The molecule has 14 heavy (non-hydrogen) atoms. The molecule has 0 fully saturated rings. The Morgan fingerprint density at radius 3 is 2.43 bits per heavy atom. The summed E-state index contributed by atoms with van der Waals surface area (Å²) in [5.74, 6) is -1.17. The van der Waals surface area contributed by atoms with E-state index in [1.165, 1.54) is 0 Å². The molecule has 0 atom stereocenters. The average Bonchev–Trinajstić information content (AvgIpc) is 2.02. The highest BCUT2D eigenvalue weighted by molar-refractivity contribution is 5.89. The first-order chi connectivity index (χ1) is 6.49. The molecule has 76 valence electrons. The number of rotatable bonds is 2. The maximum absolute atomic E-state index is 11.3. The minimum absolute atomic E-state index is 0.146. The topological polar surface area (TPSA) is 70.2 Å². The number of aromatic nitrogens is 1. The second kappa shape index (κ2) is 3.65. The van der Waals surface area contributed by atoms with Gasteiger partial charge >= 0.3 is 5.97 Å². The molecule has 0 aliphatic heterocycles. The quantitative estimate of drug-likeness (QED) is 0.746. The highest BCUT2D eigenvalue weighted by atomic mass is 16.4. The lowest BCUT2D eigenvalue weighted by Crippen LogP contribution is -2.22. The Kier molecular flexibility index (Phi) is 2.74. The molecule has 1 aromatic heterocycles. The van der Waals surface area contributed by atoms with Gasteiger partial charge in [0.15, 0.2) is 0 Å². The smallest absolute Gasteiger partial charge is 0.341 e. The summed E-state index contributed by atoms with van der Waals surface area (Å²) in [5, 5.41) is 8.84. The van der Waals surface area contributed by atoms with Crippen LogP contribution in [0.5, 0.6) is 0 Å². The summed E-state index contributed by atoms with van der Waals surface area (Å²) in [4.78, 5) is 24.7. The third-order valence-electron chi connectivity index (χ3n) is 2.38. The van der Waals surface area contributed by atoms with Gasteiger partial charge < -0.3 is 10.1 Å². The Morgan fingerprint density at radius 2 is 2.00 bits per heavy atom. The molecule has 0 aromatic carbocycles. The number of nitrogens with one attached hydrogen (secondary N) is 1. The molecule has 0 spiro atoms. The number of H-pyrrole nitrogens is 1. The molecular weight excluding hydrogens is 182 g/mol. The molecule has 0 unspecified atom stereocenters. The van der Waals surface area contributed by atoms with E-state index in [0.29, 0.717) is 12.0 Å². The highest BCUT2D eigenvalue weighted by Gasteiger charge is 2.16. The van der Waals surface area contributed by atoms with Gasteiger partial charge in [-0.25, -0.2) is 4.79 Å². The first-order valence-electron chi connectivity index (χ1n) is 4.44. The molecule has 0 aliphatic rings. The molecule has 0 radical (unpaired) electrons. The summed E-state index contributed by atoms with van der Waals surface area (Å²) in [5.41, 5.74) is 1.56. The number of aryl methyl sites for hydroxylation is 1. The first kappa shape index (κ1) is 10.5. The van der Waals surface area contributed by atoms with Gasteiger partial charge in [0.2, 0.25) is 0 Å². The number of carbonyl (C=O) groups is 1. The molecule has 0 saturated heterocycles. The standard InChI is InChI=1S/C10H13NO3/c1-4-7-5(2)8(10(13)14)9(12)11-6(7)3/h4H2,1-3H3,(H,11,12)(H,13,14). The van der Waals surface area contributed by atoms with Crippen LogP contribution in [0.3, 0.4) is 0 Å². The van der Waals surface area contributed by atoms with Crippen LogP contribution in [0.15, 0.2) is 4.79 Å². The van der Waals surface area contributed by atoms with E-state index in [4.69, 9.17) is 5.11 Å². The largest absolute Gasteiger partial charge is 0.477 e. The Balaban J connectivity index is 3.60. The minimum atomic E-state index is -1.17. The molecule has 0 saturated carbocycles. The van der Waals surface area contributed by atoms with Crippen molar-refractivity contribution < 1.29 is 9.90 Å². The summed E-state index contributed by atoms with van der Waals surface area (Å²) in [6, 6.07) is 0. The van der Waals surface area contributed by atoms with Crippen molar-refractivity contribution >= 4 is 5.97 Å². The molecule has 1 heterocycles. The summed E-state index contributed by atoms with van der Waals surface area (Å²) >= 11 is 0. The van der Waals surface area contributed by atoms with E-state index in [0.717, 1.165) is 11.3 Å². The number of aromatic amines is 1. The molecule has 0 amide bonds. The van der Waals surface area contributed by atoms with Gasteiger partial charge in [-0.15, -0.1) is 0 Å². The number of pyridine rings is 1. The Hall–Kier alpha value is -1.58. The predicted octanol–water partition coefficient (Wildman–Crippen LogP) is 1.25. The van der Waals surface area contributed by atoms with Crippen molar-refractivity contribution in [2.75, 3.05) is 0 Å². The van der Waals surface area contributed by atoms with Gasteiger partial charge in [-0.1, -0.05) is 6.92 Å². The molecular formula is C10H13NO3. The third-order valence-corrected chi connectivity index (χ3v) is 2.38. The SMILES string of the molecule is CCc1c(C)[nH]c(=O)c(C(=O)O)c1C. The van der Waals surface area contributed by atoms with Crippen LogP contribution in [-0.2, 0) is 6.42 Å². The van der Waals surface area contributed by atoms with E-state index in [-0.39, 0.29) is 5.56 Å². The van der Waals surface area contributed by atoms with Crippen molar-refractivity contribution in [2.24, 2.45) is 0 Å². The van der Waals surface area contributed by atoms with Crippen LogP contribution < -0.4 is 5.56 Å². The van der Waals surface area contributed by atoms with Gasteiger partial charge in [0.05, 0.1) is 0 Å². The molecule has 2 N–H and O–H groups in total. The minimum Gasteiger partial charge on any atom is -0.477 e. The zero-order chi connectivity index (χ0) is 10.9. The molecule has 4 nitrogen and oxygen atoms in total. The van der Waals surface area contributed by atoms with Gasteiger partial charge in [-0.05, 0) is 31.4 Å². The predicted molar refractivity (Wildman–Crippen MR) is 52.9 cm³/mol. The van der Waals surface area contributed by atoms with Gasteiger partial charge in [-0.2, -0.15) is 0 Å². The fourth-order valence-corrected chi connectivity index (χ4v) is 1.70. The van der Waals surface area contributed by atoms with Crippen molar-refractivity contribution in [3.63, 3.8) is 0 Å². The van der Waals surface area contributed by atoms with Crippen LogP contribution in [0.25, 0.3) is 0 Å². The monoisotopic (exact) mass is 195 g/mol. The van der Waals surface area contributed by atoms with Crippen LogP contribution in [0.2, 0.25) is 0 Å². The van der Waals surface area contributed by atoms with Crippen LogP contribution in [0.1, 0.15) is 34.1 Å². The Morgan fingerprint density at radius 1 is 1.43 bits per heavy atom. The van der Waals surface area contributed by atoms with Gasteiger partial charge in [0.25, 0.3) is 5.56 Å². The van der Waals surface area contributed by atoms with Crippen LogP contribution in [0.4, 0.5) is 0 Å². The summed E-state index contributed by atoms with van der Waals surface area (Å²) in [6.45, 7) is 5.38. The molecule has 0 aliphatic carbocycles. The van der Waals surface area contributed by atoms with E-state index in [1.54, 1.807) is 13.8 Å². The van der Waals surface area contributed by atoms with E-state index in [2.05, 4.69) is 4.98 Å². The highest BCUT2D eigenvalue weighted by Crippen LogP contribution is 2.13. The Bertz CT molecular complexity index is 432. The van der Waals surface area contributed by atoms with Crippen LogP contribution in [0, 0.1) is 13.8 Å². The number of aromatic carboxylic acids is 1. The Labute approximate surface area is 81.6 Å². The zero-order valence-corrected chi connectivity index (χ0v) is 8.47. The maximum atomic E-state index is 11.3. The van der Waals surface area contributed by atoms with E-state index < -0.39 is 11.5 Å². The lowest BCUT2D eigenvalue weighted by Gasteiger charge is -2.09. The second-order valence-electron chi connectivity index (χ2n) is 3.22. The van der Waals surface area contributed by atoms with E-state index >= 15 is 0 Å². The van der Waals surface area contributed by atoms with Crippen molar-refractivity contribution in [3.8, 4) is 0 Å². The van der Waals surface area contributed by atoms with Crippen LogP contribution in [-0.4, -0.2) is 16.1 Å².